The minimum Gasteiger partial charge on any atom is -0.465 e. The zero-order valence-corrected chi connectivity index (χ0v) is 13.5. The molecule has 3 rings (SSSR count). The summed E-state index contributed by atoms with van der Waals surface area (Å²) in [7, 11) is 0. The van der Waals surface area contributed by atoms with Crippen LogP contribution in [-0.4, -0.2) is 20.9 Å². The average Bonchev–Trinajstić information content (AvgIpc) is 3.24. The maximum absolute atomic E-state index is 12.0. The van der Waals surface area contributed by atoms with Crippen LogP contribution in [0.25, 0.3) is 11.8 Å². The molecule has 0 atom stereocenters. The topological polar surface area (TPSA) is 73.0 Å². The van der Waals surface area contributed by atoms with Gasteiger partial charge in [0.25, 0.3) is 0 Å². The van der Waals surface area contributed by atoms with Crippen molar-refractivity contribution in [1.82, 2.24) is 15.0 Å². The van der Waals surface area contributed by atoms with Gasteiger partial charge in [0.15, 0.2) is 0 Å². The molecular formula is C18H18N4O2. The molecule has 0 fully saturated rings. The van der Waals surface area contributed by atoms with Crippen LogP contribution in [0.1, 0.15) is 31.2 Å². The Hall–Kier alpha value is -3.15. The summed E-state index contributed by atoms with van der Waals surface area (Å²) in [5.41, 5.74) is 2.55. The first kappa shape index (κ1) is 15.7. The van der Waals surface area contributed by atoms with Gasteiger partial charge < -0.3 is 9.73 Å². The van der Waals surface area contributed by atoms with E-state index in [-0.39, 0.29) is 5.91 Å². The number of benzene rings is 1. The number of carbonyl (C=O) groups excluding carboxylic acids is 1. The van der Waals surface area contributed by atoms with Crippen molar-refractivity contribution in [2.45, 2.75) is 19.8 Å². The van der Waals surface area contributed by atoms with Crippen LogP contribution in [-0.2, 0) is 4.79 Å². The number of nitrogens with zero attached hydrogens (tertiary/aromatic N) is 3. The lowest BCUT2D eigenvalue weighted by atomic mass is 10.1. The van der Waals surface area contributed by atoms with E-state index in [1.54, 1.807) is 35.4 Å². The van der Waals surface area contributed by atoms with Gasteiger partial charge in [-0.25, -0.2) is 4.68 Å². The Morgan fingerprint density at radius 2 is 2.17 bits per heavy atom. The number of furan rings is 1. The summed E-state index contributed by atoms with van der Waals surface area (Å²) < 4.78 is 6.93. The fourth-order valence-electron chi connectivity index (χ4n) is 2.28. The monoisotopic (exact) mass is 322 g/mol. The van der Waals surface area contributed by atoms with Gasteiger partial charge in [0.1, 0.15) is 5.76 Å². The molecule has 2 heterocycles. The molecule has 1 aromatic carbocycles. The van der Waals surface area contributed by atoms with E-state index in [0.29, 0.717) is 17.4 Å². The Kier molecular flexibility index (Phi) is 4.56. The van der Waals surface area contributed by atoms with Crippen molar-refractivity contribution in [2.75, 3.05) is 5.32 Å². The molecule has 122 valence electrons. The minimum absolute atomic E-state index is 0.230. The summed E-state index contributed by atoms with van der Waals surface area (Å²) in [6.07, 6.45) is 6.36. The fraction of sp³-hybridized carbons (Fsp3) is 0.167. The lowest BCUT2D eigenvalue weighted by Gasteiger charge is -2.10. The van der Waals surface area contributed by atoms with Crippen molar-refractivity contribution in [3.05, 3.63) is 66.4 Å². The summed E-state index contributed by atoms with van der Waals surface area (Å²) in [4.78, 5) is 12.0. The maximum atomic E-state index is 12.0. The third-order valence-electron chi connectivity index (χ3n) is 3.47. The molecule has 0 aliphatic rings. The second-order valence-corrected chi connectivity index (χ2v) is 5.61. The third kappa shape index (κ3) is 3.60. The van der Waals surface area contributed by atoms with Crippen LogP contribution >= 0.6 is 0 Å². The van der Waals surface area contributed by atoms with Crippen molar-refractivity contribution in [2.24, 2.45) is 0 Å². The molecule has 0 aliphatic carbocycles. The van der Waals surface area contributed by atoms with E-state index >= 15 is 0 Å². The summed E-state index contributed by atoms with van der Waals surface area (Å²) in [6, 6.07) is 11.0. The van der Waals surface area contributed by atoms with Crippen molar-refractivity contribution in [3.8, 4) is 5.69 Å². The largest absolute Gasteiger partial charge is 0.465 e. The number of amides is 1. The highest BCUT2D eigenvalue weighted by molar-refractivity contribution is 6.01. The van der Waals surface area contributed by atoms with Gasteiger partial charge in [0.2, 0.25) is 5.91 Å². The minimum atomic E-state index is -0.230. The Morgan fingerprint density at radius 1 is 1.29 bits per heavy atom. The van der Waals surface area contributed by atoms with Gasteiger partial charge in [-0.1, -0.05) is 25.1 Å². The van der Waals surface area contributed by atoms with Crippen molar-refractivity contribution < 1.29 is 9.21 Å². The number of hydrogen-bond donors (Lipinski definition) is 1. The van der Waals surface area contributed by atoms with Crippen LogP contribution in [0.2, 0.25) is 0 Å². The molecule has 0 unspecified atom stereocenters. The first-order chi connectivity index (χ1) is 11.6. The summed E-state index contributed by atoms with van der Waals surface area (Å²) in [5, 5.41) is 10.9. The summed E-state index contributed by atoms with van der Waals surface area (Å²) >= 11 is 0. The summed E-state index contributed by atoms with van der Waals surface area (Å²) in [5.74, 6) is 0.698. The van der Waals surface area contributed by atoms with Crippen molar-refractivity contribution in [3.63, 3.8) is 0 Å². The van der Waals surface area contributed by atoms with E-state index in [1.165, 1.54) is 6.08 Å². The lowest BCUT2D eigenvalue weighted by Crippen LogP contribution is -2.09. The van der Waals surface area contributed by atoms with Crippen molar-refractivity contribution >= 4 is 17.7 Å². The van der Waals surface area contributed by atoms with Crippen LogP contribution in [0, 0.1) is 0 Å². The molecule has 24 heavy (non-hydrogen) atoms. The molecule has 3 aromatic rings. The average molecular weight is 322 g/mol. The number of carbonyl (C=O) groups is 1. The van der Waals surface area contributed by atoms with Gasteiger partial charge >= 0.3 is 0 Å². The van der Waals surface area contributed by atoms with Crippen LogP contribution in [0.15, 0.2) is 59.4 Å². The SMILES string of the molecule is CC(C)c1cnnn1-c1cccc(NC(=O)/C=C/c2ccco2)c1. The lowest BCUT2D eigenvalue weighted by molar-refractivity contribution is -0.111. The maximum Gasteiger partial charge on any atom is 0.248 e. The number of anilines is 1. The van der Waals surface area contributed by atoms with Crippen LogP contribution in [0.4, 0.5) is 5.69 Å². The van der Waals surface area contributed by atoms with Crippen LogP contribution in [0.5, 0.6) is 0 Å². The molecule has 0 saturated carbocycles. The first-order valence-electron chi connectivity index (χ1n) is 7.67. The Balaban J connectivity index is 1.76. The number of hydrogen-bond acceptors (Lipinski definition) is 4. The predicted molar refractivity (Wildman–Crippen MR) is 91.8 cm³/mol. The van der Waals surface area contributed by atoms with E-state index in [1.807, 2.05) is 24.3 Å². The number of aromatic nitrogens is 3. The van der Waals surface area contributed by atoms with Crippen molar-refractivity contribution in [1.29, 1.82) is 0 Å². The molecule has 2 aromatic heterocycles. The van der Waals surface area contributed by atoms with Gasteiger partial charge in [-0.2, -0.15) is 0 Å². The van der Waals surface area contributed by atoms with Gasteiger partial charge in [-0.3, -0.25) is 4.79 Å². The van der Waals surface area contributed by atoms with E-state index in [4.69, 9.17) is 4.42 Å². The normalized spacial score (nSPS) is 11.3. The molecule has 1 N–H and O–H groups in total. The van der Waals surface area contributed by atoms with E-state index < -0.39 is 0 Å². The molecule has 0 saturated heterocycles. The fourth-order valence-corrected chi connectivity index (χ4v) is 2.28. The Labute approximate surface area is 139 Å². The van der Waals surface area contributed by atoms with E-state index in [9.17, 15) is 4.79 Å². The molecule has 6 nitrogen and oxygen atoms in total. The Morgan fingerprint density at radius 3 is 2.92 bits per heavy atom. The van der Waals surface area contributed by atoms with Crippen LogP contribution in [0.3, 0.4) is 0 Å². The molecular weight excluding hydrogens is 304 g/mol. The van der Waals surface area contributed by atoms with Gasteiger partial charge in [-0.05, 0) is 42.3 Å². The quantitative estimate of drug-likeness (QED) is 0.728. The molecule has 0 radical (unpaired) electrons. The zero-order chi connectivity index (χ0) is 16.9. The molecule has 0 aliphatic heterocycles. The number of nitrogens with one attached hydrogen (secondary N) is 1. The van der Waals surface area contributed by atoms with Crippen LogP contribution < -0.4 is 5.32 Å². The van der Waals surface area contributed by atoms with E-state index in [0.717, 1.165) is 11.4 Å². The highest BCUT2D eigenvalue weighted by atomic mass is 16.3. The predicted octanol–water partition coefficient (Wildman–Crippen LogP) is 3.64. The molecule has 0 bridgehead atoms. The number of rotatable bonds is 5. The third-order valence-corrected chi connectivity index (χ3v) is 3.47. The second kappa shape index (κ2) is 6.95. The van der Waals surface area contributed by atoms with Gasteiger partial charge in [0, 0.05) is 11.8 Å². The van der Waals surface area contributed by atoms with E-state index in [2.05, 4.69) is 29.5 Å². The summed E-state index contributed by atoms with van der Waals surface area (Å²) in [6.45, 7) is 4.17. The second-order valence-electron chi connectivity index (χ2n) is 5.61. The Bertz CT molecular complexity index is 848. The zero-order valence-electron chi connectivity index (χ0n) is 13.5. The molecule has 1 amide bonds. The molecule has 6 heteroatoms. The molecule has 0 spiro atoms. The first-order valence-corrected chi connectivity index (χ1v) is 7.67. The van der Waals surface area contributed by atoms with Gasteiger partial charge in [0.05, 0.1) is 23.8 Å². The smallest absolute Gasteiger partial charge is 0.248 e. The highest BCUT2D eigenvalue weighted by Gasteiger charge is 2.10. The standard InChI is InChI=1S/C18H18N4O2/c1-13(2)17-12-19-21-22(17)15-6-3-5-14(11-15)20-18(23)9-8-16-7-4-10-24-16/h3-13H,1-2H3,(H,20,23)/b9-8+. The van der Waals surface area contributed by atoms with Gasteiger partial charge in [-0.15, -0.1) is 5.10 Å². The highest BCUT2D eigenvalue weighted by Crippen LogP contribution is 2.19.